The Balaban J connectivity index is 1.82. The van der Waals surface area contributed by atoms with Crippen molar-refractivity contribution in [2.24, 2.45) is 0 Å². The molecule has 1 atom stereocenters. The molecule has 230 valence electrons. The number of anilines is 1. The van der Waals surface area contributed by atoms with E-state index in [0.717, 1.165) is 21.0 Å². The van der Waals surface area contributed by atoms with Crippen LogP contribution in [0.1, 0.15) is 30.5 Å². The lowest BCUT2D eigenvalue weighted by Gasteiger charge is -2.34. The van der Waals surface area contributed by atoms with E-state index in [0.29, 0.717) is 18.9 Å². The highest BCUT2D eigenvalue weighted by molar-refractivity contribution is 7.92. The number of ether oxygens (including phenoxy) is 1. The standard InChI is InChI=1S/C35H39N3O5S/c1-4-36-35(40)32(24-28-14-8-6-9-15-28)37(25-29-16-10-7-11-17-29)34(39)26-38(31-18-12-13-19-33(31)43-5-2)44(41,42)30-22-20-27(3)21-23-30/h6-23,32H,4-5,24-26H2,1-3H3,(H,36,40). The first kappa shape index (κ1) is 32.3. The molecule has 0 aliphatic heterocycles. The molecule has 0 fully saturated rings. The van der Waals surface area contributed by atoms with Crippen LogP contribution in [0.15, 0.2) is 114 Å². The quantitative estimate of drug-likeness (QED) is 0.207. The van der Waals surface area contributed by atoms with Crippen LogP contribution in [0.5, 0.6) is 5.75 Å². The average Bonchev–Trinajstić information content (AvgIpc) is 3.03. The van der Waals surface area contributed by atoms with E-state index < -0.39 is 28.5 Å². The molecule has 0 aliphatic rings. The predicted octanol–water partition coefficient (Wildman–Crippen LogP) is 5.37. The molecule has 1 N–H and O–H groups in total. The minimum Gasteiger partial charge on any atom is -0.492 e. The third-order valence-corrected chi connectivity index (χ3v) is 8.91. The fourth-order valence-corrected chi connectivity index (χ4v) is 6.34. The summed E-state index contributed by atoms with van der Waals surface area (Å²) in [6.07, 6.45) is 0.255. The van der Waals surface area contributed by atoms with E-state index in [1.807, 2.05) is 81.4 Å². The molecule has 0 aromatic heterocycles. The Bertz CT molecular complexity index is 1630. The van der Waals surface area contributed by atoms with Gasteiger partial charge in [0.1, 0.15) is 18.3 Å². The van der Waals surface area contributed by atoms with Gasteiger partial charge < -0.3 is 15.0 Å². The number of hydrogen-bond acceptors (Lipinski definition) is 5. The van der Waals surface area contributed by atoms with Crippen LogP contribution >= 0.6 is 0 Å². The molecule has 9 heteroatoms. The second kappa shape index (κ2) is 15.2. The topological polar surface area (TPSA) is 96.0 Å². The lowest BCUT2D eigenvalue weighted by Crippen LogP contribution is -2.53. The third kappa shape index (κ3) is 8.05. The van der Waals surface area contributed by atoms with Crippen molar-refractivity contribution in [3.8, 4) is 5.75 Å². The number of rotatable bonds is 14. The van der Waals surface area contributed by atoms with E-state index in [4.69, 9.17) is 4.74 Å². The molecule has 0 saturated carbocycles. The summed E-state index contributed by atoms with van der Waals surface area (Å²) in [5.74, 6) is -0.510. The lowest BCUT2D eigenvalue weighted by atomic mass is 10.0. The average molecular weight is 614 g/mol. The maximum atomic E-state index is 14.5. The SMILES string of the molecule is CCNC(=O)C(Cc1ccccc1)N(Cc1ccccc1)C(=O)CN(c1ccccc1OCC)S(=O)(=O)c1ccc(C)cc1. The fourth-order valence-electron chi connectivity index (χ4n) is 4.92. The highest BCUT2D eigenvalue weighted by Crippen LogP contribution is 2.33. The van der Waals surface area contributed by atoms with E-state index in [2.05, 4.69) is 5.32 Å². The van der Waals surface area contributed by atoms with Gasteiger partial charge in [-0.25, -0.2) is 8.42 Å². The molecule has 0 radical (unpaired) electrons. The van der Waals surface area contributed by atoms with Crippen LogP contribution < -0.4 is 14.4 Å². The molecule has 0 aliphatic carbocycles. The van der Waals surface area contributed by atoms with Crippen LogP contribution in [-0.2, 0) is 32.6 Å². The first-order chi connectivity index (χ1) is 21.2. The number of nitrogens with zero attached hydrogens (tertiary/aromatic N) is 2. The number of nitrogens with one attached hydrogen (secondary N) is 1. The molecule has 0 spiro atoms. The second-order valence-electron chi connectivity index (χ2n) is 10.3. The van der Waals surface area contributed by atoms with Crippen molar-refractivity contribution in [3.63, 3.8) is 0 Å². The summed E-state index contributed by atoms with van der Waals surface area (Å²) in [4.78, 5) is 29.6. The molecule has 2 amide bonds. The van der Waals surface area contributed by atoms with Crippen LogP contribution in [-0.4, -0.2) is 50.9 Å². The van der Waals surface area contributed by atoms with Gasteiger partial charge >= 0.3 is 0 Å². The van der Waals surface area contributed by atoms with Gasteiger partial charge in [-0.3, -0.25) is 13.9 Å². The summed E-state index contributed by atoms with van der Waals surface area (Å²) in [6.45, 7) is 5.76. The van der Waals surface area contributed by atoms with Crippen LogP contribution in [0.25, 0.3) is 0 Å². The molecule has 4 rings (SSSR count). The van der Waals surface area contributed by atoms with E-state index in [-0.39, 0.29) is 29.5 Å². The van der Waals surface area contributed by atoms with E-state index in [1.54, 1.807) is 36.4 Å². The van der Waals surface area contributed by atoms with E-state index >= 15 is 0 Å². The van der Waals surface area contributed by atoms with Crippen molar-refractivity contribution < 1.29 is 22.7 Å². The Hall–Kier alpha value is -4.63. The van der Waals surface area contributed by atoms with Gasteiger partial charge in [0, 0.05) is 19.5 Å². The maximum absolute atomic E-state index is 14.5. The van der Waals surface area contributed by atoms with Crippen molar-refractivity contribution in [3.05, 3.63) is 126 Å². The number of hydrogen-bond donors (Lipinski definition) is 1. The highest BCUT2D eigenvalue weighted by atomic mass is 32.2. The van der Waals surface area contributed by atoms with Gasteiger partial charge in [-0.15, -0.1) is 0 Å². The van der Waals surface area contributed by atoms with Crippen LogP contribution in [0.2, 0.25) is 0 Å². The van der Waals surface area contributed by atoms with Crippen molar-refractivity contribution in [2.75, 3.05) is 24.0 Å². The van der Waals surface area contributed by atoms with Crippen LogP contribution in [0, 0.1) is 6.92 Å². The van der Waals surface area contributed by atoms with Gasteiger partial charge in [0.05, 0.1) is 17.2 Å². The molecule has 44 heavy (non-hydrogen) atoms. The Labute approximate surface area is 260 Å². The lowest BCUT2D eigenvalue weighted by molar-refractivity contribution is -0.140. The largest absolute Gasteiger partial charge is 0.492 e. The Morgan fingerprint density at radius 3 is 2.00 bits per heavy atom. The van der Waals surface area contributed by atoms with E-state index in [1.165, 1.54) is 17.0 Å². The number of aryl methyl sites for hydroxylation is 1. The first-order valence-electron chi connectivity index (χ1n) is 14.7. The number of carbonyl (C=O) groups is 2. The summed E-state index contributed by atoms with van der Waals surface area (Å²) in [7, 11) is -4.22. The highest BCUT2D eigenvalue weighted by Gasteiger charge is 2.35. The summed E-state index contributed by atoms with van der Waals surface area (Å²) in [6, 6.07) is 31.2. The molecule has 0 saturated heterocycles. The monoisotopic (exact) mass is 613 g/mol. The number of benzene rings is 4. The van der Waals surface area contributed by atoms with Crippen molar-refractivity contribution in [1.29, 1.82) is 0 Å². The maximum Gasteiger partial charge on any atom is 0.264 e. The predicted molar refractivity (Wildman–Crippen MR) is 173 cm³/mol. The summed E-state index contributed by atoms with van der Waals surface area (Å²) >= 11 is 0. The molecule has 0 bridgehead atoms. The molecule has 4 aromatic rings. The summed E-state index contributed by atoms with van der Waals surface area (Å²) < 4.78 is 35.4. The molecule has 1 unspecified atom stereocenters. The van der Waals surface area contributed by atoms with Crippen LogP contribution in [0.3, 0.4) is 0 Å². The normalized spacial score (nSPS) is 11.8. The zero-order valence-corrected chi connectivity index (χ0v) is 26.2. The third-order valence-electron chi connectivity index (χ3n) is 7.14. The van der Waals surface area contributed by atoms with Gasteiger partial charge in [-0.2, -0.15) is 0 Å². The minimum absolute atomic E-state index is 0.0429. The molecule has 4 aromatic carbocycles. The summed E-state index contributed by atoms with van der Waals surface area (Å²) in [5, 5.41) is 2.87. The van der Waals surface area contributed by atoms with E-state index in [9.17, 15) is 18.0 Å². The molecule has 8 nitrogen and oxygen atoms in total. The van der Waals surface area contributed by atoms with Crippen molar-refractivity contribution in [1.82, 2.24) is 10.2 Å². The van der Waals surface area contributed by atoms with Gasteiger partial charge in [0.25, 0.3) is 10.0 Å². The Morgan fingerprint density at radius 1 is 0.795 bits per heavy atom. The fraction of sp³-hybridized carbons (Fsp3) is 0.257. The van der Waals surface area contributed by atoms with Crippen molar-refractivity contribution >= 4 is 27.5 Å². The zero-order chi connectivity index (χ0) is 31.5. The number of carbonyl (C=O) groups excluding carboxylic acids is 2. The first-order valence-corrected chi connectivity index (χ1v) is 16.1. The van der Waals surface area contributed by atoms with Crippen molar-refractivity contribution in [2.45, 2.75) is 44.7 Å². The minimum atomic E-state index is -4.22. The zero-order valence-electron chi connectivity index (χ0n) is 25.3. The Morgan fingerprint density at radius 2 is 1.39 bits per heavy atom. The van der Waals surface area contributed by atoms with Gasteiger partial charge in [-0.05, 0) is 56.2 Å². The second-order valence-corrected chi connectivity index (χ2v) is 12.2. The molecular weight excluding hydrogens is 574 g/mol. The molecular formula is C35H39N3O5S. The number of para-hydroxylation sites is 2. The summed E-state index contributed by atoms with van der Waals surface area (Å²) in [5.41, 5.74) is 2.83. The van der Waals surface area contributed by atoms with Gasteiger partial charge in [-0.1, -0.05) is 90.5 Å². The van der Waals surface area contributed by atoms with Gasteiger partial charge in [0.15, 0.2) is 0 Å². The number of sulfonamides is 1. The van der Waals surface area contributed by atoms with Crippen LogP contribution in [0.4, 0.5) is 5.69 Å². The molecule has 0 heterocycles. The van der Waals surface area contributed by atoms with Gasteiger partial charge in [0.2, 0.25) is 11.8 Å². The smallest absolute Gasteiger partial charge is 0.264 e. The number of amides is 2. The Kier molecular flexibility index (Phi) is 11.2. The number of likely N-dealkylation sites (N-methyl/N-ethyl adjacent to an activating group) is 1.